The molecule has 1 aliphatic heterocycles. The highest BCUT2D eigenvalue weighted by molar-refractivity contribution is 6.35. The molecule has 1 saturated heterocycles. The molecule has 0 saturated carbocycles. The largest absolute Gasteiger partial charge is 0.394 e. The highest BCUT2D eigenvalue weighted by Gasteiger charge is 2.38. The molecule has 2 aromatic carbocycles. The van der Waals surface area contributed by atoms with Gasteiger partial charge in [0.2, 0.25) is 0 Å². The van der Waals surface area contributed by atoms with Crippen molar-refractivity contribution < 1.29 is 14.6 Å². The Morgan fingerprint density at radius 3 is 2.43 bits per heavy atom. The summed E-state index contributed by atoms with van der Waals surface area (Å²) in [4.78, 5) is 0. The molecule has 0 aliphatic carbocycles. The minimum atomic E-state index is -0.514. The normalized spacial score (nSPS) is 25.2. The number of benzene rings is 2. The van der Waals surface area contributed by atoms with E-state index in [9.17, 15) is 5.11 Å². The Kier molecular flexibility index (Phi) is 4.48. The Hall–Kier alpha value is -1.10. The molecular weight excluding hydrogens is 311 g/mol. The zero-order valence-electron chi connectivity index (χ0n) is 11.1. The highest BCUT2D eigenvalue weighted by Crippen LogP contribution is 2.42. The van der Waals surface area contributed by atoms with Crippen LogP contribution in [0.1, 0.15) is 23.5 Å². The Labute approximate surface area is 133 Å². The van der Waals surface area contributed by atoms with Crippen LogP contribution in [-0.4, -0.2) is 17.8 Å². The molecule has 5 heteroatoms. The Balaban J connectivity index is 1.88. The van der Waals surface area contributed by atoms with E-state index in [0.29, 0.717) is 10.0 Å². The van der Waals surface area contributed by atoms with Gasteiger partial charge in [-0.15, -0.1) is 0 Å². The van der Waals surface area contributed by atoms with E-state index in [1.807, 2.05) is 30.3 Å². The average Bonchev–Trinajstić information content (AvgIpc) is 2.92. The van der Waals surface area contributed by atoms with Gasteiger partial charge in [0.1, 0.15) is 12.2 Å². The zero-order valence-corrected chi connectivity index (χ0v) is 12.6. The van der Waals surface area contributed by atoms with Gasteiger partial charge in [0, 0.05) is 21.2 Å². The fourth-order valence-electron chi connectivity index (χ4n) is 2.39. The minimum absolute atomic E-state index is 0.146. The van der Waals surface area contributed by atoms with Crippen molar-refractivity contribution in [2.24, 2.45) is 0 Å². The lowest BCUT2D eigenvalue weighted by molar-refractivity contribution is -0.0739. The number of halogens is 2. The third kappa shape index (κ3) is 3.07. The van der Waals surface area contributed by atoms with Crippen LogP contribution in [-0.2, 0) is 9.47 Å². The topological polar surface area (TPSA) is 38.7 Å². The van der Waals surface area contributed by atoms with Crippen LogP contribution >= 0.6 is 23.2 Å². The zero-order chi connectivity index (χ0) is 14.8. The van der Waals surface area contributed by atoms with Crippen LogP contribution in [0.4, 0.5) is 0 Å². The molecule has 0 radical (unpaired) electrons. The molecule has 0 amide bonds. The summed E-state index contributed by atoms with van der Waals surface area (Å²) in [6.45, 7) is -0.146. The van der Waals surface area contributed by atoms with E-state index in [1.165, 1.54) is 0 Å². The van der Waals surface area contributed by atoms with E-state index in [-0.39, 0.29) is 6.61 Å². The number of aliphatic hydroxyl groups is 1. The van der Waals surface area contributed by atoms with E-state index in [1.54, 1.807) is 18.2 Å². The van der Waals surface area contributed by atoms with Crippen LogP contribution in [0.15, 0.2) is 48.5 Å². The maximum Gasteiger partial charge on any atom is 0.185 e. The van der Waals surface area contributed by atoms with Crippen LogP contribution in [0, 0.1) is 0 Å². The van der Waals surface area contributed by atoms with Gasteiger partial charge in [0.05, 0.1) is 6.61 Å². The van der Waals surface area contributed by atoms with Gasteiger partial charge in [-0.25, -0.2) is 0 Å². The van der Waals surface area contributed by atoms with Crippen LogP contribution in [0.25, 0.3) is 0 Å². The summed E-state index contributed by atoms with van der Waals surface area (Å²) in [5.41, 5.74) is 1.67. The first-order valence-electron chi connectivity index (χ1n) is 6.60. The number of ether oxygens (including phenoxy) is 2. The maximum absolute atomic E-state index is 9.53. The molecule has 1 aliphatic rings. The third-order valence-electron chi connectivity index (χ3n) is 3.43. The fourth-order valence-corrected chi connectivity index (χ4v) is 2.91. The van der Waals surface area contributed by atoms with Gasteiger partial charge in [0.15, 0.2) is 6.29 Å². The summed E-state index contributed by atoms with van der Waals surface area (Å²) >= 11 is 12.1. The van der Waals surface area contributed by atoms with Crippen molar-refractivity contribution in [1.82, 2.24) is 0 Å². The third-order valence-corrected chi connectivity index (χ3v) is 3.99. The summed E-state index contributed by atoms with van der Waals surface area (Å²) in [7, 11) is 0. The van der Waals surface area contributed by atoms with Crippen LogP contribution in [0.2, 0.25) is 10.0 Å². The van der Waals surface area contributed by atoms with Crippen LogP contribution in [0.5, 0.6) is 0 Å². The van der Waals surface area contributed by atoms with Gasteiger partial charge < -0.3 is 14.6 Å². The standard InChI is InChI=1S/C16H14Cl2O3/c17-11-6-7-12(13(18)8-11)15-14(9-19)20-16(21-15)10-4-2-1-3-5-10/h1-8,14-16,19H,9H2/t14-,15-,16+/m1/s1. The summed E-state index contributed by atoms with van der Waals surface area (Å²) in [5, 5.41) is 10.6. The molecule has 3 nitrogen and oxygen atoms in total. The minimum Gasteiger partial charge on any atom is -0.394 e. The number of rotatable bonds is 3. The van der Waals surface area contributed by atoms with Crippen LogP contribution in [0.3, 0.4) is 0 Å². The van der Waals surface area contributed by atoms with E-state index in [0.717, 1.165) is 11.1 Å². The summed E-state index contributed by atoms with van der Waals surface area (Å²) in [6, 6.07) is 14.8. The average molecular weight is 325 g/mol. The molecule has 1 fully saturated rings. The van der Waals surface area contributed by atoms with E-state index < -0.39 is 18.5 Å². The quantitative estimate of drug-likeness (QED) is 0.922. The molecule has 2 aromatic rings. The Bertz CT molecular complexity index is 618. The molecule has 0 spiro atoms. The predicted octanol–water partition coefficient (Wildman–Crippen LogP) is 4.14. The number of aliphatic hydroxyl groups excluding tert-OH is 1. The number of hydrogen-bond acceptors (Lipinski definition) is 3. The second-order valence-corrected chi connectivity index (χ2v) is 5.67. The molecule has 3 rings (SSSR count). The number of hydrogen-bond donors (Lipinski definition) is 1. The first kappa shape index (κ1) is 14.8. The van der Waals surface area contributed by atoms with E-state index in [4.69, 9.17) is 32.7 Å². The Morgan fingerprint density at radius 2 is 1.76 bits per heavy atom. The smallest absolute Gasteiger partial charge is 0.185 e. The van der Waals surface area contributed by atoms with Crippen molar-refractivity contribution in [3.05, 3.63) is 69.7 Å². The lowest BCUT2D eigenvalue weighted by Crippen LogP contribution is -2.19. The molecule has 110 valence electrons. The first-order valence-corrected chi connectivity index (χ1v) is 7.36. The maximum atomic E-state index is 9.53. The molecule has 0 aromatic heterocycles. The van der Waals surface area contributed by atoms with E-state index in [2.05, 4.69) is 0 Å². The predicted molar refractivity (Wildman–Crippen MR) is 81.4 cm³/mol. The molecule has 1 heterocycles. The van der Waals surface area contributed by atoms with Gasteiger partial charge in [-0.05, 0) is 12.1 Å². The summed E-state index contributed by atoms with van der Waals surface area (Å²) in [5.74, 6) is 0. The van der Waals surface area contributed by atoms with Gasteiger partial charge >= 0.3 is 0 Å². The summed E-state index contributed by atoms with van der Waals surface area (Å²) < 4.78 is 11.7. The molecular formula is C16H14Cl2O3. The summed E-state index contributed by atoms with van der Waals surface area (Å²) in [6.07, 6.45) is -1.40. The first-order chi connectivity index (χ1) is 10.2. The van der Waals surface area contributed by atoms with Crippen molar-refractivity contribution in [1.29, 1.82) is 0 Å². The lowest BCUT2D eigenvalue weighted by Gasteiger charge is -2.16. The molecule has 21 heavy (non-hydrogen) atoms. The van der Waals surface area contributed by atoms with Crippen molar-refractivity contribution in [3.63, 3.8) is 0 Å². The molecule has 1 N–H and O–H groups in total. The Morgan fingerprint density at radius 1 is 1.00 bits per heavy atom. The van der Waals surface area contributed by atoms with Crippen molar-refractivity contribution in [2.45, 2.75) is 18.5 Å². The van der Waals surface area contributed by atoms with Crippen molar-refractivity contribution >= 4 is 23.2 Å². The monoisotopic (exact) mass is 324 g/mol. The second-order valence-electron chi connectivity index (χ2n) is 4.82. The molecule has 0 bridgehead atoms. The second kappa shape index (κ2) is 6.34. The van der Waals surface area contributed by atoms with Gasteiger partial charge in [-0.2, -0.15) is 0 Å². The van der Waals surface area contributed by atoms with Crippen molar-refractivity contribution in [3.8, 4) is 0 Å². The lowest BCUT2D eigenvalue weighted by atomic mass is 10.1. The fraction of sp³-hybridized carbons (Fsp3) is 0.250. The van der Waals surface area contributed by atoms with Crippen molar-refractivity contribution in [2.75, 3.05) is 6.61 Å². The molecule has 0 unspecified atom stereocenters. The van der Waals surface area contributed by atoms with Gasteiger partial charge in [-0.1, -0.05) is 59.6 Å². The molecule has 3 atom stereocenters. The highest BCUT2D eigenvalue weighted by atomic mass is 35.5. The van der Waals surface area contributed by atoms with Gasteiger partial charge in [-0.3, -0.25) is 0 Å². The van der Waals surface area contributed by atoms with Crippen LogP contribution < -0.4 is 0 Å². The SMILES string of the molecule is OC[C@H]1O[C@H](c2ccccc2)O[C@@H]1c1ccc(Cl)cc1Cl. The van der Waals surface area contributed by atoms with Gasteiger partial charge in [0.25, 0.3) is 0 Å². The van der Waals surface area contributed by atoms with E-state index >= 15 is 0 Å².